The fraction of sp³-hybridized carbons (Fsp3) is 0.522. The van der Waals surface area contributed by atoms with Crippen molar-refractivity contribution in [1.82, 2.24) is 0 Å². The molecule has 1 aliphatic heterocycles. The van der Waals surface area contributed by atoms with Gasteiger partial charge in [0.25, 0.3) is 0 Å². The van der Waals surface area contributed by atoms with E-state index >= 15 is 0 Å². The van der Waals surface area contributed by atoms with Crippen molar-refractivity contribution in [2.45, 2.75) is 71.2 Å². The number of hydrogen-bond acceptors (Lipinski definition) is 1. The quantitative estimate of drug-likeness (QED) is 0.660. The van der Waals surface area contributed by atoms with E-state index in [0.717, 1.165) is 28.1 Å². The van der Waals surface area contributed by atoms with E-state index in [1.807, 2.05) is 24.6 Å². The second kappa shape index (κ2) is 5.33. The lowest BCUT2D eigenvalue weighted by atomic mass is 9.69. The Kier molecular flexibility index (Phi) is 2.85. The molecule has 1 fully saturated rings. The van der Waals surface area contributed by atoms with Crippen LogP contribution >= 0.6 is 0 Å². The third-order valence-corrected chi connectivity index (χ3v) is 6.59. The lowest BCUT2D eigenvalue weighted by molar-refractivity contribution is -0.660. The predicted octanol–water partition coefficient (Wildman–Crippen LogP) is 5.09. The summed E-state index contributed by atoms with van der Waals surface area (Å²) in [5.74, 6) is 0.989. The number of pyridine rings is 1. The molecule has 25 heavy (non-hydrogen) atoms. The molecule has 1 aliphatic carbocycles. The first kappa shape index (κ1) is 13.4. The standard InChI is InChI=1S/C23H30NO/c1-15-9-10-18-21(25-22(4,5)23(18)11-7-8-12-23)20(15)19-13-16(2)17(3)14-24(19)6/h9-10,13-14H,7-8,11-12H2,1-6H3/q+1/i3D3. The minimum Gasteiger partial charge on any atom is -0.486 e. The Balaban J connectivity index is 1.95. The van der Waals surface area contributed by atoms with Gasteiger partial charge in [-0.3, -0.25) is 0 Å². The Morgan fingerprint density at radius 1 is 1.08 bits per heavy atom. The molecule has 2 aliphatic rings. The van der Waals surface area contributed by atoms with Crippen molar-refractivity contribution in [1.29, 1.82) is 0 Å². The van der Waals surface area contributed by atoms with Gasteiger partial charge in [-0.15, -0.1) is 0 Å². The summed E-state index contributed by atoms with van der Waals surface area (Å²) in [6.45, 7) is 6.33. The highest BCUT2D eigenvalue weighted by atomic mass is 16.5. The van der Waals surface area contributed by atoms with Gasteiger partial charge in [0.2, 0.25) is 5.69 Å². The van der Waals surface area contributed by atoms with Gasteiger partial charge < -0.3 is 4.74 Å². The Bertz CT molecular complexity index is 953. The van der Waals surface area contributed by atoms with Crippen molar-refractivity contribution in [3.8, 4) is 17.0 Å². The number of aromatic nitrogens is 1. The summed E-state index contributed by atoms with van der Waals surface area (Å²) in [7, 11) is 1.92. The van der Waals surface area contributed by atoms with Gasteiger partial charge in [0.05, 0.1) is 5.56 Å². The van der Waals surface area contributed by atoms with Crippen molar-refractivity contribution in [3.05, 3.63) is 46.6 Å². The summed E-state index contributed by atoms with van der Waals surface area (Å²) in [5.41, 5.74) is 5.62. The third kappa shape index (κ3) is 2.19. The zero-order valence-electron chi connectivity index (χ0n) is 19.0. The second-order valence-corrected chi connectivity index (χ2v) is 8.40. The smallest absolute Gasteiger partial charge is 0.216 e. The second-order valence-electron chi connectivity index (χ2n) is 8.40. The molecule has 1 aromatic carbocycles. The monoisotopic (exact) mass is 339 g/mol. The van der Waals surface area contributed by atoms with Crippen LogP contribution in [0.1, 0.15) is 65.9 Å². The van der Waals surface area contributed by atoms with E-state index in [-0.39, 0.29) is 11.0 Å². The molecule has 132 valence electrons. The number of fused-ring (bicyclic) bond motifs is 2. The van der Waals surface area contributed by atoms with Gasteiger partial charge in [0.1, 0.15) is 18.4 Å². The maximum atomic E-state index is 7.81. The van der Waals surface area contributed by atoms with E-state index in [1.165, 1.54) is 31.2 Å². The van der Waals surface area contributed by atoms with Crippen molar-refractivity contribution >= 4 is 0 Å². The first-order chi connectivity index (χ1) is 13.0. The van der Waals surface area contributed by atoms with E-state index in [0.29, 0.717) is 5.56 Å². The molecule has 0 atom stereocenters. The molecular formula is C23H30NO+. The molecule has 2 nitrogen and oxygen atoms in total. The molecule has 0 bridgehead atoms. The van der Waals surface area contributed by atoms with Crippen molar-refractivity contribution in [3.63, 3.8) is 0 Å². The van der Waals surface area contributed by atoms with E-state index in [4.69, 9.17) is 8.85 Å². The molecule has 1 saturated carbocycles. The van der Waals surface area contributed by atoms with E-state index < -0.39 is 6.85 Å². The van der Waals surface area contributed by atoms with E-state index in [1.54, 1.807) is 6.20 Å². The predicted molar refractivity (Wildman–Crippen MR) is 102 cm³/mol. The van der Waals surface area contributed by atoms with Crippen LogP contribution in [-0.4, -0.2) is 5.60 Å². The minimum absolute atomic E-state index is 0.0804. The van der Waals surface area contributed by atoms with Crippen molar-refractivity contribution < 1.29 is 13.4 Å². The van der Waals surface area contributed by atoms with Crippen LogP contribution in [0, 0.1) is 20.7 Å². The maximum Gasteiger partial charge on any atom is 0.216 e. The topological polar surface area (TPSA) is 13.1 Å². The number of hydrogen-bond donors (Lipinski definition) is 0. The zero-order chi connectivity index (χ0) is 20.5. The van der Waals surface area contributed by atoms with Gasteiger partial charge in [-0.1, -0.05) is 25.0 Å². The number of rotatable bonds is 1. The van der Waals surface area contributed by atoms with Crippen molar-refractivity contribution in [2.24, 2.45) is 7.05 Å². The summed E-state index contributed by atoms with van der Waals surface area (Å²) in [4.78, 5) is 0. The highest BCUT2D eigenvalue weighted by Crippen LogP contribution is 2.59. The molecule has 2 heterocycles. The summed E-state index contributed by atoms with van der Waals surface area (Å²) >= 11 is 0. The summed E-state index contributed by atoms with van der Waals surface area (Å²) in [6, 6.07) is 6.46. The van der Waals surface area contributed by atoms with Crippen LogP contribution in [0.3, 0.4) is 0 Å². The Labute approximate surface area is 156 Å². The molecule has 0 N–H and O–H groups in total. The molecule has 1 spiro atoms. The van der Waals surface area contributed by atoms with Crippen LogP contribution in [0.5, 0.6) is 5.75 Å². The van der Waals surface area contributed by atoms with Gasteiger partial charge in [-0.2, -0.15) is 0 Å². The number of aryl methyl sites for hydroxylation is 4. The molecule has 0 amide bonds. The Morgan fingerprint density at radius 3 is 2.48 bits per heavy atom. The Hall–Kier alpha value is -1.83. The molecule has 0 saturated heterocycles. The molecule has 1 aromatic heterocycles. The SMILES string of the molecule is [2H]C([2H])([2H])c1c[n+](C)c(-c2c(C)ccc3c2OC(C)(C)C32CCCC2)cc1C. The molecule has 4 rings (SSSR count). The molecule has 2 heteroatoms. The lowest BCUT2D eigenvalue weighted by Gasteiger charge is -2.36. The summed E-state index contributed by atoms with van der Waals surface area (Å²) in [5, 5.41) is 0. The van der Waals surface area contributed by atoms with E-state index in [2.05, 4.69) is 32.9 Å². The molecule has 2 aromatic rings. The average molecular weight is 340 g/mol. The molecule has 0 radical (unpaired) electrons. The van der Waals surface area contributed by atoms with Gasteiger partial charge >= 0.3 is 0 Å². The van der Waals surface area contributed by atoms with Crippen LogP contribution in [0.4, 0.5) is 0 Å². The van der Waals surface area contributed by atoms with Crippen LogP contribution in [0.2, 0.25) is 0 Å². The first-order valence-corrected chi connectivity index (χ1v) is 9.32. The van der Waals surface area contributed by atoms with Gasteiger partial charge in [-0.05, 0) is 58.5 Å². The summed E-state index contributed by atoms with van der Waals surface area (Å²) < 4.78 is 32.0. The zero-order valence-corrected chi connectivity index (χ0v) is 16.0. The Morgan fingerprint density at radius 2 is 1.80 bits per heavy atom. The molecule has 0 unspecified atom stereocenters. The van der Waals surface area contributed by atoms with Gasteiger partial charge in [-0.25, -0.2) is 4.57 Å². The van der Waals surface area contributed by atoms with Crippen LogP contribution < -0.4 is 9.30 Å². The lowest BCUT2D eigenvalue weighted by Crippen LogP contribution is -2.44. The summed E-state index contributed by atoms with van der Waals surface area (Å²) in [6.07, 6.45) is 6.57. The maximum absolute atomic E-state index is 7.81. The normalized spacial score (nSPS) is 22.2. The largest absolute Gasteiger partial charge is 0.486 e. The fourth-order valence-electron chi connectivity index (χ4n) is 5.01. The minimum atomic E-state index is -2.11. The van der Waals surface area contributed by atoms with Gasteiger partial charge in [0.15, 0.2) is 6.20 Å². The first-order valence-electron chi connectivity index (χ1n) is 10.8. The fourth-order valence-corrected chi connectivity index (χ4v) is 5.01. The van der Waals surface area contributed by atoms with E-state index in [9.17, 15) is 0 Å². The third-order valence-electron chi connectivity index (χ3n) is 6.59. The van der Waals surface area contributed by atoms with Crippen molar-refractivity contribution in [2.75, 3.05) is 0 Å². The highest BCUT2D eigenvalue weighted by Gasteiger charge is 2.56. The number of ether oxygens (including phenoxy) is 1. The van der Waals surface area contributed by atoms with Gasteiger partial charge in [0, 0.05) is 26.7 Å². The molecular weight excluding hydrogens is 306 g/mol. The average Bonchev–Trinajstić information content (AvgIpc) is 3.14. The van der Waals surface area contributed by atoms with Crippen LogP contribution in [-0.2, 0) is 12.5 Å². The highest BCUT2D eigenvalue weighted by molar-refractivity contribution is 5.74. The number of benzene rings is 1. The number of nitrogens with zero attached hydrogens (tertiary/aromatic N) is 1. The van der Waals surface area contributed by atoms with Crippen LogP contribution in [0.25, 0.3) is 11.3 Å². The van der Waals surface area contributed by atoms with Crippen LogP contribution in [0.15, 0.2) is 24.4 Å².